The molecular formula is C19H26N4. The number of nitrogens with zero attached hydrogens (tertiary/aromatic N) is 3. The fourth-order valence-electron chi connectivity index (χ4n) is 3.47. The molecule has 122 valence electrons. The topological polar surface area (TPSA) is 55.0 Å². The van der Waals surface area contributed by atoms with E-state index in [0.717, 1.165) is 38.9 Å². The Morgan fingerprint density at radius 1 is 1.17 bits per heavy atom. The van der Waals surface area contributed by atoms with E-state index in [-0.39, 0.29) is 0 Å². The average molecular weight is 310 g/mol. The van der Waals surface area contributed by atoms with Gasteiger partial charge in [-0.25, -0.2) is 0 Å². The van der Waals surface area contributed by atoms with Crippen LogP contribution < -0.4 is 5.73 Å². The molecule has 0 aromatic carbocycles. The second-order valence-corrected chi connectivity index (χ2v) is 6.28. The van der Waals surface area contributed by atoms with Crippen LogP contribution in [0.5, 0.6) is 0 Å². The molecule has 0 fully saturated rings. The molecule has 0 amide bonds. The minimum Gasteiger partial charge on any atom is -0.330 e. The molecule has 4 heteroatoms. The van der Waals surface area contributed by atoms with E-state index in [1.54, 1.807) is 0 Å². The third-order valence-electron chi connectivity index (χ3n) is 4.61. The van der Waals surface area contributed by atoms with E-state index in [0.29, 0.717) is 6.04 Å². The third-order valence-corrected chi connectivity index (χ3v) is 4.61. The van der Waals surface area contributed by atoms with Crippen LogP contribution in [-0.2, 0) is 13.0 Å². The van der Waals surface area contributed by atoms with Crippen molar-refractivity contribution in [2.24, 2.45) is 5.73 Å². The van der Waals surface area contributed by atoms with E-state index in [4.69, 9.17) is 10.7 Å². The first-order chi connectivity index (χ1) is 11.4. The summed E-state index contributed by atoms with van der Waals surface area (Å²) < 4.78 is 0. The maximum Gasteiger partial charge on any atom is 0.0607 e. The molecule has 1 aliphatic rings. The van der Waals surface area contributed by atoms with Crippen LogP contribution in [0.3, 0.4) is 0 Å². The smallest absolute Gasteiger partial charge is 0.0607 e. The van der Waals surface area contributed by atoms with Gasteiger partial charge in [-0.1, -0.05) is 12.1 Å². The lowest BCUT2D eigenvalue weighted by atomic mass is 9.90. The Balaban J connectivity index is 1.80. The molecule has 0 radical (unpaired) electrons. The highest BCUT2D eigenvalue weighted by Gasteiger charge is 2.26. The van der Waals surface area contributed by atoms with Gasteiger partial charge in [-0.15, -0.1) is 0 Å². The van der Waals surface area contributed by atoms with E-state index in [1.807, 2.05) is 24.7 Å². The van der Waals surface area contributed by atoms with E-state index in [9.17, 15) is 0 Å². The van der Waals surface area contributed by atoms with Crippen molar-refractivity contribution >= 4 is 0 Å². The summed E-state index contributed by atoms with van der Waals surface area (Å²) in [5.74, 6) is 0. The highest BCUT2D eigenvalue weighted by atomic mass is 15.2. The first kappa shape index (κ1) is 16.1. The molecule has 0 bridgehead atoms. The van der Waals surface area contributed by atoms with E-state index >= 15 is 0 Å². The predicted octanol–water partition coefficient (Wildman–Crippen LogP) is 3.10. The summed E-state index contributed by atoms with van der Waals surface area (Å²) in [5, 5.41) is 0. The Hall–Kier alpha value is -1.78. The molecule has 0 saturated heterocycles. The summed E-state index contributed by atoms with van der Waals surface area (Å²) in [6.07, 6.45) is 11.5. The largest absolute Gasteiger partial charge is 0.330 e. The van der Waals surface area contributed by atoms with Gasteiger partial charge in [-0.2, -0.15) is 0 Å². The fraction of sp³-hybridized carbons (Fsp3) is 0.474. The maximum atomic E-state index is 5.68. The van der Waals surface area contributed by atoms with Crippen molar-refractivity contribution in [2.45, 2.75) is 44.7 Å². The standard InChI is InChI=1S/C19H26N4/c20-10-1-2-13-23(15-16-6-4-11-21-14-16)18-9-3-7-17-8-5-12-22-19(17)18/h4-6,8,11-12,14,18H,1-3,7,9-10,13,15,20H2. The van der Waals surface area contributed by atoms with Crippen LogP contribution in [0.15, 0.2) is 42.9 Å². The molecule has 2 aromatic heterocycles. The maximum absolute atomic E-state index is 5.68. The van der Waals surface area contributed by atoms with Crippen molar-refractivity contribution in [1.82, 2.24) is 14.9 Å². The number of aryl methyl sites for hydroxylation is 1. The first-order valence-corrected chi connectivity index (χ1v) is 8.65. The van der Waals surface area contributed by atoms with Crippen LogP contribution >= 0.6 is 0 Å². The SMILES string of the molecule is NCCCCN(Cc1cccnc1)C1CCCc2cccnc21. The quantitative estimate of drug-likeness (QED) is 0.798. The van der Waals surface area contributed by atoms with Crippen LogP contribution in [0.4, 0.5) is 0 Å². The number of hydrogen-bond acceptors (Lipinski definition) is 4. The van der Waals surface area contributed by atoms with Crippen molar-refractivity contribution in [3.05, 3.63) is 59.7 Å². The molecule has 4 nitrogen and oxygen atoms in total. The van der Waals surface area contributed by atoms with Gasteiger partial charge in [0, 0.05) is 25.1 Å². The van der Waals surface area contributed by atoms with Crippen molar-refractivity contribution < 1.29 is 0 Å². The van der Waals surface area contributed by atoms with Crippen LogP contribution in [0.1, 0.15) is 48.5 Å². The number of rotatable bonds is 7. The van der Waals surface area contributed by atoms with Crippen molar-refractivity contribution in [2.75, 3.05) is 13.1 Å². The van der Waals surface area contributed by atoms with Crippen molar-refractivity contribution in [3.8, 4) is 0 Å². The first-order valence-electron chi connectivity index (χ1n) is 8.65. The second-order valence-electron chi connectivity index (χ2n) is 6.28. The summed E-state index contributed by atoms with van der Waals surface area (Å²) in [4.78, 5) is 11.5. The number of nitrogens with two attached hydrogens (primary N) is 1. The Labute approximate surface area is 138 Å². The molecule has 2 N–H and O–H groups in total. The Morgan fingerprint density at radius 3 is 2.91 bits per heavy atom. The van der Waals surface area contributed by atoms with Gasteiger partial charge in [0.05, 0.1) is 11.7 Å². The number of hydrogen-bond donors (Lipinski definition) is 1. The molecule has 0 aliphatic heterocycles. The Morgan fingerprint density at radius 2 is 2.09 bits per heavy atom. The number of fused-ring (bicyclic) bond motifs is 1. The molecule has 1 atom stereocenters. The second kappa shape index (κ2) is 8.18. The zero-order chi connectivity index (χ0) is 15.9. The predicted molar refractivity (Wildman–Crippen MR) is 92.9 cm³/mol. The summed E-state index contributed by atoms with van der Waals surface area (Å²) in [7, 11) is 0. The molecule has 1 unspecified atom stereocenters. The van der Waals surface area contributed by atoms with Gasteiger partial charge in [0.2, 0.25) is 0 Å². The van der Waals surface area contributed by atoms with Gasteiger partial charge < -0.3 is 5.73 Å². The highest BCUT2D eigenvalue weighted by Crippen LogP contribution is 2.33. The average Bonchev–Trinajstić information content (AvgIpc) is 2.61. The van der Waals surface area contributed by atoms with Gasteiger partial charge >= 0.3 is 0 Å². The van der Waals surface area contributed by atoms with Crippen molar-refractivity contribution in [1.29, 1.82) is 0 Å². The summed E-state index contributed by atoms with van der Waals surface area (Å²) in [6.45, 7) is 2.76. The molecule has 2 heterocycles. The lowest BCUT2D eigenvalue weighted by Gasteiger charge is -2.35. The lowest BCUT2D eigenvalue weighted by molar-refractivity contribution is 0.163. The zero-order valence-corrected chi connectivity index (χ0v) is 13.7. The zero-order valence-electron chi connectivity index (χ0n) is 13.7. The summed E-state index contributed by atoms with van der Waals surface area (Å²) in [6, 6.07) is 8.88. The number of unbranched alkanes of at least 4 members (excludes halogenated alkanes) is 1. The summed E-state index contributed by atoms with van der Waals surface area (Å²) in [5.41, 5.74) is 9.64. The molecule has 0 spiro atoms. The summed E-state index contributed by atoms with van der Waals surface area (Å²) >= 11 is 0. The molecular weight excluding hydrogens is 284 g/mol. The minimum atomic E-state index is 0.415. The monoisotopic (exact) mass is 310 g/mol. The molecule has 23 heavy (non-hydrogen) atoms. The van der Waals surface area contributed by atoms with Crippen LogP contribution in [0, 0.1) is 0 Å². The van der Waals surface area contributed by atoms with Crippen molar-refractivity contribution in [3.63, 3.8) is 0 Å². The highest BCUT2D eigenvalue weighted by molar-refractivity contribution is 5.26. The molecule has 3 rings (SSSR count). The Kier molecular flexibility index (Phi) is 5.72. The van der Waals surface area contributed by atoms with Gasteiger partial charge in [-0.3, -0.25) is 14.9 Å². The van der Waals surface area contributed by atoms with Gasteiger partial charge in [-0.05, 0) is 68.5 Å². The third kappa shape index (κ3) is 4.15. The van der Waals surface area contributed by atoms with E-state index < -0.39 is 0 Å². The van der Waals surface area contributed by atoms with E-state index in [2.05, 4.69) is 28.1 Å². The molecule has 0 saturated carbocycles. The van der Waals surface area contributed by atoms with E-state index in [1.165, 1.54) is 29.7 Å². The number of aromatic nitrogens is 2. The lowest BCUT2D eigenvalue weighted by Crippen LogP contribution is -2.32. The normalized spacial score (nSPS) is 17.2. The van der Waals surface area contributed by atoms with Gasteiger partial charge in [0.15, 0.2) is 0 Å². The number of pyridine rings is 2. The fourth-order valence-corrected chi connectivity index (χ4v) is 3.47. The Bertz CT molecular complexity index is 599. The van der Waals surface area contributed by atoms with Gasteiger partial charge in [0.25, 0.3) is 0 Å². The molecule has 2 aromatic rings. The molecule has 1 aliphatic carbocycles. The minimum absolute atomic E-state index is 0.415. The van der Waals surface area contributed by atoms with Crippen LogP contribution in [0.2, 0.25) is 0 Å². The van der Waals surface area contributed by atoms with Crippen LogP contribution in [0.25, 0.3) is 0 Å². The van der Waals surface area contributed by atoms with Crippen LogP contribution in [-0.4, -0.2) is 28.0 Å². The van der Waals surface area contributed by atoms with Gasteiger partial charge in [0.1, 0.15) is 0 Å².